The van der Waals surface area contributed by atoms with Crippen molar-refractivity contribution in [3.8, 4) is 0 Å². The van der Waals surface area contributed by atoms with E-state index in [-0.39, 0.29) is 21.2 Å². The molecule has 20 heavy (non-hydrogen) atoms. The summed E-state index contributed by atoms with van der Waals surface area (Å²) in [6.07, 6.45) is 0. The fourth-order valence-electron chi connectivity index (χ4n) is 1.74. The van der Waals surface area contributed by atoms with Gasteiger partial charge in [0.05, 0.1) is 21.2 Å². The first kappa shape index (κ1) is 14.6. The second kappa shape index (κ2) is 5.64. The molecule has 0 radical (unpaired) electrons. The Hall–Kier alpha value is -1.85. The van der Waals surface area contributed by atoms with Gasteiger partial charge in [0.25, 0.3) is 0 Å². The van der Waals surface area contributed by atoms with E-state index in [1.54, 1.807) is 30.3 Å². The van der Waals surface area contributed by atoms with Crippen LogP contribution in [0, 0.1) is 0 Å². The molecule has 0 aliphatic heterocycles. The standard InChI is InChI=1S/C14H11ClO4S/c15-13-7-6-11(8-12(13)14(16)17)20(18,19)9-10-4-2-1-3-5-10/h1-8H,9H2,(H,16,17). The van der Waals surface area contributed by atoms with Crippen molar-refractivity contribution in [2.45, 2.75) is 10.6 Å². The maximum absolute atomic E-state index is 12.3. The first-order valence-corrected chi connectivity index (χ1v) is 7.73. The summed E-state index contributed by atoms with van der Waals surface area (Å²) in [4.78, 5) is 10.9. The van der Waals surface area contributed by atoms with Crippen LogP contribution in [0.4, 0.5) is 0 Å². The number of sulfone groups is 1. The Morgan fingerprint density at radius 2 is 1.75 bits per heavy atom. The van der Waals surface area contributed by atoms with Gasteiger partial charge in [0.15, 0.2) is 9.84 Å². The van der Waals surface area contributed by atoms with Crippen molar-refractivity contribution >= 4 is 27.4 Å². The van der Waals surface area contributed by atoms with Crippen molar-refractivity contribution in [3.63, 3.8) is 0 Å². The average Bonchev–Trinajstić information content (AvgIpc) is 2.39. The Balaban J connectivity index is 2.40. The lowest BCUT2D eigenvalue weighted by atomic mass is 10.2. The zero-order valence-corrected chi connectivity index (χ0v) is 11.9. The van der Waals surface area contributed by atoms with E-state index >= 15 is 0 Å². The lowest BCUT2D eigenvalue weighted by Gasteiger charge is -2.06. The molecule has 0 atom stereocenters. The van der Waals surface area contributed by atoms with Crippen LogP contribution in [-0.4, -0.2) is 19.5 Å². The number of rotatable bonds is 4. The molecule has 0 unspecified atom stereocenters. The number of carboxylic acids is 1. The third-order valence-electron chi connectivity index (χ3n) is 2.73. The average molecular weight is 311 g/mol. The highest BCUT2D eigenvalue weighted by Gasteiger charge is 2.19. The maximum atomic E-state index is 12.3. The van der Waals surface area contributed by atoms with Crippen LogP contribution in [0.2, 0.25) is 5.02 Å². The zero-order chi connectivity index (χ0) is 14.8. The Labute approximate surface area is 121 Å². The zero-order valence-electron chi connectivity index (χ0n) is 10.3. The van der Waals surface area contributed by atoms with Crippen LogP contribution < -0.4 is 0 Å². The molecule has 1 N–H and O–H groups in total. The van der Waals surface area contributed by atoms with E-state index in [9.17, 15) is 13.2 Å². The monoisotopic (exact) mass is 310 g/mol. The van der Waals surface area contributed by atoms with Crippen LogP contribution >= 0.6 is 11.6 Å². The molecule has 0 aromatic heterocycles. The van der Waals surface area contributed by atoms with Crippen LogP contribution in [0.15, 0.2) is 53.4 Å². The van der Waals surface area contributed by atoms with Crippen molar-refractivity contribution in [2.24, 2.45) is 0 Å². The summed E-state index contributed by atoms with van der Waals surface area (Å²) < 4.78 is 24.5. The summed E-state index contributed by atoms with van der Waals surface area (Å²) in [6, 6.07) is 12.4. The first-order chi connectivity index (χ1) is 9.40. The molecule has 0 amide bonds. The van der Waals surface area contributed by atoms with Crippen LogP contribution in [0.3, 0.4) is 0 Å². The van der Waals surface area contributed by atoms with Gasteiger partial charge in [0, 0.05) is 0 Å². The van der Waals surface area contributed by atoms with Crippen molar-refractivity contribution in [3.05, 3.63) is 64.7 Å². The summed E-state index contributed by atoms with van der Waals surface area (Å²) in [5.41, 5.74) is 0.417. The van der Waals surface area contributed by atoms with Gasteiger partial charge in [-0.2, -0.15) is 0 Å². The Bertz CT molecular complexity index is 739. The number of carboxylic acid groups (broad SMARTS) is 1. The van der Waals surface area contributed by atoms with E-state index in [0.717, 1.165) is 6.07 Å². The second-order valence-electron chi connectivity index (χ2n) is 4.19. The largest absolute Gasteiger partial charge is 0.478 e. The smallest absolute Gasteiger partial charge is 0.337 e. The Morgan fingerprint density at radius 1 is 1.10 bits per heavy atom. The molecule has 2 aromatic rings. The molecule has 0 fully saturated rings. The summed E-state index contributed by atoms with van der Waals surface area (Å²) in [5.74, 6) is -1.44. The van der Waals surface area contributed by atoms with Crippen molar-refractivity contribution < 1.29 is 18.3 Å². The molecule has 0 aliphatic carbocycles. The first-order valence-electron chi connectivity index (χ1n) is 5.70. The van der Waals surface area contributed by atoms with Gasteiger partial charge in [-0.3, -0.25) is 0 Å². The van der Waals surface area contributed by atoms with Gasteiger partial charge in [0.1, 0.15) is 0 Å². The third kappa shape index (κ3) is 3.18. The molecule has 0 saturated carbocycles. The van der Waals surface area contributed by atoms with E-state index in [1.165, 1.54) is 12.1 Å². The lowest BCUT2D eigenvalue weighted by Crippen LogP contribution is -2.07. The number of aromatic carboxylic acids is 1. The number of hydrogen-bond donors (Lipinski definition) is 1. The molecule has 0 saturated heterocycles. The second-order valence-corrected chi connectivity index (χ2v) is 6.59. The van der Waals surface area contributed by atoms with Crippen LogP contribution in [0.5, 0.6) is 0 Å². The highest BCUT2D eigenvalue weighted by atomic mass is 35.5. The Morgan fingerprint density at radius 3 is 2.35 bits per heavy atom. The number of benzene rings is 2. The summed E-state index contributed by atoms with van der Waals surface area (Å²) in [7, 11) is -3.61. The predicted molar refractivity (Wildman–Crippen MR) is 75.7 cm³/mol. The summed E-state index contributed by atoms with van der Waals surface area (Å²) in [5, 5.41) is 8.98. The van der Waals surface area contributed by atoms with Gasteiger partial charge >= 0.3 is 5.97 Å². The highest BCUT2D eigenvalue weighted by molar-refractivity contribution is 7.90. The van der Waals surface area contributed by atoms with Crippen molar-refractivity contribution in [1.29, 1.82) is 0 Å². The van der Waals surface area contributed by atoms with Gasteiger partial charge < -0.3 is 5.11 Å². The molecule has 0 heterocycles. The maximum Gasteiger partial charge on any atom is 0.337 e. The lowest BCUT2D eigenvalue weighted by molar-refractivity contribution is 0.0697. The van der Waals surface area contributed by atoms with Gasteiger partial charge in [-0.1, -0.05) is 41.9 Å². The molecule has 104 valence electrons. The highest BCUT2D eigenvalue weighted by Crippen LogP contribution is 2.23. The molecule has 4 nitrogen and oxygen atoms in total. The molecule has 0 bridgehead atoms. The fourth-order valence-corrected chi connectivity index (χ4v) is 3.31. The van der Waals surface area contributed by atoms with Crippen LogP contribution in [0.1, 0.15) is 15.9 Å². The van der Waals surface area contributed by atoms with E-state index in [1.807, 2.05) is 0 Å². The molecule has 0 spiro atoms. The van der Waals surface area contributed by atoms with Crippen LogP contribution in [0.25, 0.3) is 0 Å². The van der Waals surface area contributed by atoms with Crippen molar-refractivity contribution in [2.75, 3.05) is 0 Å². The normalized spacial score (nSPS) is 11.2. The number of hydrogen-bond acceptors (Lipinski definition) is 3. The van der Waals surface area contributed by atoms with Gasteiger partial charge in [-0.05, 0) is 23.8 Å². The summed E-state index contributed by atoms with van der Waals surface area (Å²) in [6.45, 7) is 0. The van der Waals surface area contributed by atoms with Gasteiger partial charge in [-0.15, -0.1) is 0 Å². The molecular weight excluding hydrogens is 300 g/mol. The van der Waals surface area contributed by atoms with Crippen LogP contribution in [-0.2, 0) is 15.6 Å². The number of halogens is 1. The molecule has 0 aliphatic rings. The molecule has 6 heteroatoms. The van der Waals surface area contributed by atoms with E-state index in [4.69, 9.17) is 16.7 Å². The van der Waals surface area contributed by atoms with E-state index < -0.39 is 15.8 Å². The molecule has 2 aromatic carbocycles. The fraction of sp³-hybridized carbons (Fsp3) is 0.0714. The molecule has 2 rings (SSSR count). The minimum atomic E-state index is -3.61. The Kier molecular flexibility index (Phi) is 4.11. The third-order valence-corrected chi connectivity index (χ3v) is 4.74. The van der Waals surface area contributed by atoms with Gasteiger partial charge in [0.2, 0.25) is 0 Å². The minimum Gasteiger partial charge on any atom is -0.478 e. The van der Waals surface area contributed by atoms with Crippen molar-refractivity contribution in [1.82, 2.24) is 0 Å². The molecular formula is C14H11ClO4S. The van der Waals surface area contributed by atoms with E-state index in [0.29, 0.717) is 5.56 Å². The number of carbonyl (C=O) groups is 1. The SMILES string of the molecule is O=C(O)c1cc(S(=O)(=O)Cc2ccccc2)ccc1Cl. The van der Waals surface area contributed by atoms with E-state index in [2.05, 4.69) is 0 Å². The quantitative estimate of drug-likeness (QED) is 0.942. The topological polar surface area (TPSA) is 71.4 Å². The van der Waals surface area contributed by atoms with Gasteiger partial charge in [-0.25, -0.2) is 13.2 Å². The summed E-state index contributed by atoms with van der Waals surface area (Å²) >= 11 is 5.73. The minimum absolute atomic E-state index is 0.0103. The predicted octanol–water partition coefficient (Wildman–Crippen LogP) is 3.01.